The summed E-state index contributed by atoms with van der Waals surface area (Å²) < 4.78 is 58.9. The minimum absolute atomic E-state index is 0.0161. The predicted octanol–water partition coefficient (Wildman–Crippen LogP) is 4.16. The second-order valence-electron chi connectivity index (χ2n) is 9.08. The highest BCUT2D eigenvalue weighted by Crippen LogP contribution is 2.39. The first-order valence-electron chi connectivity index (χ1n) is 11.5. The van der Waals surface area contributed by atoms with Crippen molar-refractivity contribution in [3.8, 4) is 0 Å². The quantitative estimate of drug-likeness (QED) is 0.435. The normalized spacial score (nSPS) is 18.6. The molecule has 3 aromatic rings. The maximum Gasteiger partial charge on any atom is 0.457 e. The average molecular weight is 497 g/mol. The molecule has 0 spiro atoms. The largest absolute Gasteiger partial charge is 0.457 e. The highest BCUT2D eigenvalue weighted by molar-refractivity contribution is 6.24. The Morgan fingerprint density at radius 1 is 1.11 bits per heavy atom. The van der Waals surface area contributed by atoms with Crippen LogP contribution in [0.4, 0.5) is 34.9 Å². The van der Waals surface area contributed by atoms with Gasteiger partial charge in [-0.3, -0.25) is 0 Å². The van der Waals surface area contributed by atoms with E-state index in [0.717, 1.165) is 37.1 Å². The third kappa shape index (κ3) is 3.54. The lowest BCUT2D eigenvalue weighted by Crippen LogP contribution is -2.52. The van der Waals surface area contributed by atoms with Crippen molar-refractivity contribution in [1.29, 1.82) is 0 Å². The van der Waals surface area contributed by atoms with Crippen molar-refractivity contribution in [3.63, 3.8) is 0 Å². The number of nitrogens with zero attached hydrogens (tertiary/aromatic N) is 5. The zero-order valence-corrected chi connectivity index (χ0v) is 19.2. The number of alkyl halides is 3. The molecule has 1 N–H and O–H groups in total. The van der Waals surface area contributed by atoms with Gasteiger partial charge < -0.3 is 5.32 Å². The topological polar surface area (TPSA) is 67.5 Å². The van der Waals surface area contributed by atoms with Gasteiger partial charge in [-0.2, -0.15) is 23.0 Å². The van der Waals surface area contributed by atoms with Crippen LogP contribution in [0, 0.1) is 5.82 Å². The van der Waals surface area contributed by atoms with Gasteiger partial charge in [0, 0.05) is 12.1 Å². The number of amides is 1. The van der Waals surface area contributed by atoms with E-state index in [-0.39, 0.29) is 18.5 Å². The van der Waals surface area contributed by atoms with Gasteiger partial charge in [-0.25, -0.2) is 18.5 Å². The van der Waals surface area contributed by atoms with Gasteiger partial charge >= 0.3 is 18.0 Å². The lowest BCUT2D eigenvalue weighted by atomic mass is 10.1. The molecule has 2 aromatic carbocycles. The fourth-order valence-electron chi connectivity index (χ4n) is 4.98. The minimum atomic E-state index is -4.43. The van der Waals surface area contributed by atoms with E-state index in [4.69, 9.17) is 9.77 Å². The first-order chi connectivity index (χ1) is 17.2. The molecular formula is C25H21F4N6O+. The Labute approximate surface area is 203 Å². The van der Waals surface area contributed by atoms with E-state index in [1.165, 1.54) is 29.2 Å². The van der Waals surface area contributed by atoms with Crippen LogP contribution in [0.5, 0.6) is 0 Å². The van der Waals surface area contributed by atoms with Crippen LogP contribution >= 0.6 is 0 Å². The smallest absolute Gasteiger partial charge is 0.340 e. The SMILES string of the molecule is CN1C(=O)c2c(nn(Cc3ccc(C(F)(F)F)cc3)c2Nc2ccc(F)cc2)N2C1=[N+]=C1CCC[C@@H]12. The van der Waals surface area contributed by atoms with Crippen molar-refractivity contribution in [2.75, 3.05) is 17.3 Å². The molecule has 1 amide bonds. The van der Waals surface area contributed by atoms with Gasteiger partial charge in [0.2, 0.25) is 5.82 Å². The molecule has 0 bridgehead atoms. The van der Waals surface area contributed by atoms with Crippen molar-refractivity contribution in [3.05, 3.63) is 71.0 Å². The van der Waals surface area contributed by atoms with Gasteiger partial charge in [-0.15, -0.1) is 5.10 Å². The zero-order chi connectivity index (χ0) is 25.2. The summed E-state index contributed by atoms with van der Waals surface area (Å²) in [5.41, 5.74) is 1.73. The van der Waals surface area contributed by atoms with Crippen molar-refractivity contribution >= 4 is 34.9 Å². The molecule has 3 aliphatic rings. The van der Waals surface area contributed by atoms with Gasteiger partial charge in [-0.05, 0) is 54.8 Å². The molecule has 1 aromatic heterocycles. The number of hydrogen-bond acceptors (Lipinski definition) is 4. The zero-order valence-electron chi connectivity index (χ0n) is 19.2. The van der Waals surface area contributed by atoms with Gasteiger partial charge in [0.25, 0.3) is 0 Å². The van der Waals surface area contributed by atoms with E-state index in [9.17, 15) is 22.4 Å². The minimum Gasteiger partial charge on any atom is -0.340 e. The molecule has 1 saturated carbocycles. The number of nitrogens with one attached hydrogen (secondary N) is 1. The number of anilines is 3. The van der Waals surface area contributed by atoms with Gasteiger partial charge in [0.15, 0.2) is 17.3 Å². The average Bonchev–Trinajstić information content (AvgIpc) is 3.52. The molecule has 1 atom stereocenters. The Kier molecular flexibility index (Phi) is 4.94. The van der Waals surface area contributed by atoms with Crippen molar-refractivity contribution in [2.45, 2.75) is 38.0 Å². The van der Waals surface area contributed by atoms with Crippen molar-refractivity contribution in [2.24, 2.45) is 0 Å². The molecule has 7 nitrogen and oxygen atoms in total. The van der Waals surface area contributed by atoms with Crippen LogP contribution in [0.3, 0.4) is 0 Å². The van der Waals surface area contributed by atoms with Crippen LogP contribution in [0.15, 0.2) is 48.5 Å². The number of carbonyl (C=O) groups excluding carboxylic acids is 1. The lowest BCUT2D eigenvalue weighted by molar-refractivity contribution is -0.137. The second-order valence-corrected chi connectivity index (χ2v) is 9.08. The number of hydrogen-bond donors (Lipinski definition) is 1. The molecule has 6 rings (SSSR count). The maximum atomic E-state index is 13.5. The third-order valence-electron chi connectivity index (χ3n) is 6.77. The second kappa shape index (κ2) is 7.96. The van der Waals surface area contributed by atoms with Crippen molar-refractivity contribution < 1.29 is 22.4 Å². The predicted molar refractivity (Wildman–Crippen MR) is 127 cm³/mol. The van der Waals surface area contributed by atoms with E-state index in [0.29, 0.717) is 34.4 Å². The molecule has 11 heteroatoms. The van der Waals surface area contributed by atoms with E-state index < -0.39 is 17.6 Å². The number of halogens is 4. The summed E-state index contributed by atoms with van der Waals surface area (Å²) in [4.78, 5) is 17.0. The van der Waals surface area contributed by atoms with Gasteiger partial charge in [-0.1, -0.05) is 12.1 Å². The van der Waals surface area contributed by atoms with Gasteiger partial charge in [0.05, 0.1) is 19.2 Å². The van der Waals surface area contributed by atoms with Crippen LogP contribution in [0.1, 0.15) is 40.7 Å². The Balaban J connectivity index is 1.45. The maximum absolute atomic E-state index is 13.5. The van der Waals surface area contributed by atoms with E-state index in [1.54, 1.807) is 23.9 Å². The summed E-state index contributed by atoms with van der Waals surface area (Å²) in [6, 6.07) is 10.5. The molecule has 1 fully saturated rings. The molecule has 1 aliphatic carbocycles. The van der Waals surface area contributed by atoms with Gasteiger partial charge in [0.1, 0.15) is 11.6 Å². The highest BCUT2D eigenvalue weighted by Gasteiger charge is 2.55. The van der Waals surface area contributed by atoms with E-state index in [1.807, 2.05) is 4.90 Å². The summed E-state index contributed by atoms with van der Waals surface area (Å²) in [5.74, 6) is 0.650. The summed E-state index contributed by atoms with van der Waals surface area (Å²) >= 11 is 0. The Hall–Kier alpha value is -4.11. The number of rotatable bonds is 4. The molecule has 2 aliphatic heterocycles. The van der Waals surface area contributed by atoms with E-state index in [2.05, 4.69) is 5.32 Å². The molecule has 0 radical (unpaired) electrons. The number of guanidine groups is 1. The first kappa shape index (κ1) is 22.4. The van der Waals surface area contributed by atoms with Crippen molar-refractivity contribution in [1.82, 2.24) is 19.3 Å². The fourth-order valence-corrected chi connectivity index (χ4v) is 4.98. The van der Waals surface area contributed by atoms with E-state index >= 15 is 0 Å². The summed E-state index contributed by atoms with van der Waals surface area (Å²) in [5, 5.41) is 7.95. The fraction of sp³-hybridized carbons (Fsp3) is 0.280. The van der Waals surface area contributed by atoms with Crippen LogP contribution in [0.2, 0.25) is 0 Å². The van der Waals surface area contributed by atoms with Crippen LogP contribution in [-0.4, -0.2) is 45.3 Å². The molecule has 36 heavy (non-hydrogen) atoms. The molecule has 184 valence electrons. The number of aromatic nitrogens is 2. The Morgan fingerprint density at radius 3 is 2.53 bits per heavy atom. The third-order valence-corrected chi connectivity index (χ3v) is 6.77. The number of fused-ring (bicyclic) bond motifs is 5. The van der Waals surface area contributed by atoms with Crippen LogP contribution in [0.25, 0.3) is 0 Å². The summed E-state index contributed by atoms with van der Waals surface area (Å²) in [6.07, 6.45) is -1.70. The van der Waals surface area contributed by atoms with Crippen LogP contribution in [-0.2, 0) is 12.7 Å². The molecule has 0 unspecified atom stereocenters. The summed E-state index contributed by atoms with van der Waals surface area (Å²) in [7, 11) is 1.66. The highest BCUT2D eigenvalue weighted by atomic mass is 19.4. The molecule has 3 heterocycles. The monoisotopic (exact) mass is 497 g/mol. The molecular weight excluding hydrogens is 476 g/mol. The summed E-state index contributed by atoms with van der Waals surface area (Å²) in [6.45, 7) is 0.118. The Morgan fingerprint density at radius 2 is 1.83 bits per heavy atom. The number of benzene rings is 2. The van der Waals surface area contributed by atoms with Crippen LogP contribution < -0.4 is 14.9 Å². The first-order valence-corrected chi connectivity index (χ1v) is 11.5. The number of carbonyl (C=O) groups is 1. The lowest BCUT2D eigenvalue weighted by Gasteiger charge is -2.25. The Bertz CT molecular complexity index is 1430. The standard InChI is InChI=1S/C25H20F4N6O/c1-33-23(36)20-21(30-17-11-9-16(26)10-12-17)34(13-14-5-7-15(8-6-14)25(27,28)29)32-22(20)35-19-4-2-3-18(19)31-24(33)35/h5-12,19H,2-4,13H2,1H3/p+1/t19-/m0/s1. The molecule has 0 saturated heterocycles.